The van der Waals surface area contributed by atoms with Gasteiger partial charge in [0.1, 0.15) is 17.3 Å². The number of carbonyl (C=O) groups is 1. The minimum atomic E-state index is -0.199. The van der Waals surface area contributed by atoms with Crippen molar-refractivity contribution in [2.75, 3.05) is 5.73 Å². The second kappa shape index (κ2) is 9.65. The van der Waals surface area contributed by atoms with Gasteiger partial charge in [-0.2, -0.15) is 5.10 Å². The molecule has 0 bridgehead atoms. The molecule has 182 valence electrons. The highest BCUT2D eigenvalue weighted by Gasteiger charge is 2.14. The number of nitrogens with zero attached hydrogens (tertiary/aromatic N) is 5. The van der Waals surface area contributed by atoms with Crippen molar-refractivity contribution >= 4 is 22.5 Å². The monoisotopic (exact) mass is 479 g/mol. The van der Waals surface area contributed by atoms with Crippen molar-refractivity contribution in [2.45, 2.75) is 40.4 Å². The van der Waals surface area contributed by atoms with Gasteiger partial charge in [-0.05, 0) is 60.0 Å². The van der Waals surface area contributed by atoms with Crippen molar-refractivity contribution in [3.05, 3.63) is 107 Å². The van der Waals surface area contributed by atoms with Gasteiger partial charge in [-0.1, -0.05) is 36.4 Å². The lowest BCUT2D eigenvalue weighted by Crippen LogP contribution is -2.23. The van der Waals surface area contributed by atoms with Crippen molar-refractivity contribution in [1.29, 1.82) is 0 Å². The molecule has 3 heterocycles. The lowest BCUT2D eigenvalue weighted by Gasteiger charge is -2.11. The maximum absolute atomic E-state index is 12.9. The number of anilines is 1. The lowest BCUT2D eigenvalue weighted by atomic mass is 10.0. The average Bonchev–Trinajstić information content (AvgIpc) is 3.45. The van der Waals surface area contributed by atoms with Gasteiger partial charge in [-0.3, -0.25) is 9.48 Å². The summed E-state index contributed by atoms with van der Waals surface area (Å²) in [6, 6.07) is 14.3. The summed E-state index contributed by atoms with van der Waals surface area (Å²) in [6.07, 6.45) is 7.41. The summed E-state index contributed by atoms with van der Waals surface area (Å²) in [5.74, 6) is 1.10. The minimum absolute atomic E-state index is 0.199. The molecule has 1 amide bonds. The number of nitrogens with two attached hydrogens (primary N) is 1. The molecule has 0 aliphatic carbocycles. The molecule has 5 aromatic rings. The van der Waals surface area contributed by atoms with E-state index in [1.54, 1.807) is 6.20 Å². The SMILES string of the molecule is Cc1cnn(Cc2ccc(Cn3cc(C(=O)NCc4ccc5c(N)nccc5c4C)nc3C)cc2)c1. The van der Waals surface area contributed by atoms with Gasteiger partial charge in [0.15, 0.2) is 0 Å². The van der Waals surface area contributed by atoms with Crippen molar-refractivity contribution in [1.82, 2.24) is 29.6 Å². The Kier molecular flexibility index (Phi) is 6.25. The molecule has 2 aromatic carbocycles. The quantitative estimate of drug-likeness (QED) is 0.365. The maximum atomic E-state index is 12.9. The molecule has 5 rings (SSSR count). The Hall–Kier alpha value is -4.46. The predicted molar refractivity (Wildman–Crippen MR) is 141 cm³/mol. The van der Waals surface area contributed by atoms with E-state index in [1.807, 2.05) is 66.8 Å². The molecule has 36 heavy (non-hydrogen) atoms. The molecule has 0 saturated carbocycles. The Balaban J connectivity index is 1.23. The summed E-state index contributed by atoms with van der Waals surface area (Å²) in [5.41, 5.74) is 12.0. The zero-order valence-electron chi connectivity index (χ0n) is 20.7. The van der Waals surface area contributed by atoms with Crippen LogP contribution >= 0.6 is 0 Å². The van der Waals surface area contributed by atoms with E-state index in [-0.39, 0.29) is 5.91 Å². The Morgan fingerprint density at radius 1 is 0.944 bits per heavy atom. The zero-order valence-corrected chi connectivity index (χ0v) is 20.7. The standard InChI is InChI=1S/C28H29N7O/c1-18-12-32-35(14-18)16-22-6-4-21(5-7-22)15-34-17-26(33-20(34)3)28(36)31-13-23-8-9-25-24(19(23)2)10-11-30-27(25)29/h4-12,14,17H,13,15-16H2,1-3H3,(H2,29,30)(H,31,36). The topological polar surface area (TPSA) is 104 Å². The Labute approximate surface area is 209 Å². The Bertz CT molecular complexity index is 1550. The van der Waals surface area contributed by atoms with Gasteiger partial charge >= 0.3 is 0 Å². The minimum Gasteiger partial charge on any atom is -0.383 e. The van der Waals surface area contributed by atoms with Crippen LogP contribution < -0.4 is 11.1 Å². The third kappa shape index (κ3) is 4.84. The Morgan fingerprint density at radius 2 is 1.69 bits per heavy atom. The van der Waals surface area contributed by atoms with Crippen LogP contribution in [0.1, 0.15) is 44.1 Å². The molecule has 3 aromatic heterocycles. The van der Waals surface area contributed by atoms with Crippen LogP contribution in [0.2, 0.25) is 0 Å². The number of aromatic nitrogens is 5. The van der Waals surface area contributed by atoms with E-state index < -0.39 is 0 Å². The lowest BCUT2D eigenvalue weighted by molar-refractivity contribution is 0.0946. The van der Waals surface area contributed by atoms with Gasteiger partial charge in [-0.15, -0.1) is 0 Å². The third-order valence-corrected chi connectivity index (χ3v) is 6.49. The van der Waals surface area contributed by atoms with E-state index in [9.17, 15) is 4.79 Å². The highest BCUT2D eigenvalue weighted by Crippen LogP contribution is 2.24. The Morgan fingerprint density at radius 3 is 2.42 bits per heavy atom. The van der Waals surface area contributed by atoms with Gasteiger partial charge in [0, 0.05) is 37.1 Å². The van der Waals surface area contributed by atoms with Crippen LogP contribution in [0.15, 0.2) is 67.3 Å². The summed E-state index contributed by atoms with van der Waals surface area (Å²) in [4.78, 5) is 21.5. The van der Waals surface area contributed by atoms with E-state index in [0.29, 0.717) is 24.6 Å². The van der Waals surface area contributed by atoms with Crippen molar-refractivity contribution in [2.24, 2.45) is 0 Å². The molecule has 0 atom stereocenters. The molecular weight excluding hydrogens is 450 g/mol. The molecule has 8 heteroatoms. The number of imidazole rings is 1. The third-order valence-electron chi connectivity index (χ3n) is 6.49. The van der Waals surface area contributed by atoms with Crippen LogP contribution in [-0.2, 0) is 19.6 Å². The fourth-order valence-electron chi connectivity index (χ4n) is 4.40. The van der Waals surface area contributed by atoms with E-state index >= 15 is 0 Å². The first-order valence-electron chi connectivity index (χ1n) is 11.9. The van der Waals surface area contributed by atoms with Gasteiger partial charge in [0.2, 0.25) is 0 Å². The molecule has 0 fully saturated rings. The van der Waals surface area contributed by atoms with Crippen molar-refractivity contribution < 1.29 is 4.79 Å². The van der Waals surface area contributed by atoms with Crippen LogP contribution in [0.5, 0.6) is 0 Å². The predicted octanol–water partition coefficient (Wildman–Crippen LogP) is 4.16. The summed E-state index contributed by atoms with van der Waals surface area (Å²) in [6.45, 7) is 7.77. The van der Waals surface area contributed by atoms with E-state index in [4.69, 9.17) is 5.73 Å². The van der Waals surface area contributed by atoms with Crippen molar-refractivity contribution in [3.63, 3.8) is 0 Å². The first-order valence-corrected chi connectivity index (χ1v) is 11.9. The zero-order chi connectivity index (χ0) is 25.2. The molecular formula is C28H29N7O. The van der Waals surface area contributed by atoms with E-state index in [2.05, 4.69) is 44.6 Å². The number of rotatable bonds is 7. The molecule has 0 unspecified atom stereocenters. The van der Waals surface area contributed by atoms with Crippen LogP contribution in [0.3, 0.4) is 0 Å². The fourth-order valence-corrected chi connectivity index (χ4v) is 4.40. The van der Waals surface area contributed by atoms with Crippen LogP contribution in [0.25, 0.3) is 10.8 Å². The van der Waals surface area contributed by atoms with Crippen molar-refractivity contribution in [3.8, 4) is 0 Å². The van der Waals surface area contributed by atoms with Gasteiger partial charge in [0.25, 0.3) is 5.91 Å². The molecule has 8 nitrogen and oxygen atoms in total. The number of fused-ring (bicyclic) bond motifs is 1. The number of nitrogen functional groups attached to an aromatic ring is 1. The second-order valence-corrected chi connectivity index (χ2v) is 9.16. The second-order valence-electron chi connectivity index (χ2n) is 9.16. The average molecular weight is 480 g/mol. The number of hydrogen-bond donors (Lipinski definition) is 2. The van der Waals surface area contributed by atoms with Gasteiger partial charge < -0.3 is 15.6 Å². The first-order chi connectivity index (χ1) is 17.4. The largest absolute Gasteiger partial charge is 0.383 e. The summed E-state index contributed by atoms with van der Waals surface area (Å²) in [5, 5.41) is 9.31. The van der Waals surface area contributed by atoms with E-state index in [0.717, 1.165) is 45.4 Å². The molecule has 0 spiro atoms. The molecule has 0 aliphatic heterocycles. The molecule has 0 aliphatic rings. The summed E-state index contributed by atoms with van der Waals surface area (Å²) < 4.78 is 3.93. The van der Waals surface area contributed by atoms with Gasteiger partial charge in [0.05, 0.1) is 12.7 Å². The number of aryl methyl sites for hydroxylation is 3. The summed E-state index contributed by atoms with van der Waals surface area (Å²) in [7, 11) is 0. The smallest absolute Gasteiger partial charge is 0.271 e. The van der Waals surface area contributed by atoms with Crippen LogP contribution in [0, 0.1) is 20.8 Å². The van der Waals surface area contributed by atoms with Gasteiger partial charge in [-0.25, -0.2) is 9.97 Å². The fraction of sp³-hybridized carbons (Fsp3) is 0.214. The summed E-state index contributed by atoms with van der Waals surface area (Å²) >= 11 is 0. The molecule has 0 radical (unpaired) electrons. The highest BCUT2D eigenvalue weighted by molar-refractivity contribution is 5.94. The number of amides is 1. The molecule has 0 saturated heterocycles. The van der Waals surface area contributed by atoms with E-state index in [1.165, 1.54) is 5.56 Å². The number of benzene rings is 2. The number of pyridine rings is 1. The normalized spacial score (nSPS) is 11.2. The number of carbonyl (C=O) groups excluding carboxylic acids is 1. The number of nitrogens with one attached hydrogen (secondary N) is 1. The first kappa shape index (κ1) is 23.3. The maximum Gasteiger partial charge on any atom is 0.271 e. The van der Waals surface area contributed by atoms with Crippen LogP contribution in [0.4, 0.5) is 5.82 Å². The number of hydrogen-bond acceptors (Lipinski definition) is 5. The highest BCUT2D eigenvalue weighted by atomic mass is 16.1. The molecule has 3 N–H and O–H groups in total. The van der Waals surface area contributed by atoms with Crippen LogP contribution in [-0.4, -0.2) is 30.2 Å².